The Hall–Kier alpha value is -7.43. The highest BCUT2D eigenvalue weighted by molar-refractivity contribution is 6.01. The van der Waals surface area contributed by atoms with E-state index in [0.717, 1.165) is 26.7 Å². The molecule has 1 fully saturated rings. The lowest BCUT2D eigenvalue weighted by atomic mass is 9.94. The van der Waals surface area contributed by atoms with E-state index in [0.29, 0.717) is 12.0 Å². The molecule has 1 aliphatic heterocycles. The molecule has 0 bridgehead atoms. The molecule has 1 saturated heterocycles. The number of benzene rings is 1. The second kappa shape index (κ2) is 27.9. The summed E-state index contributed by atoms with van der Waals surface area (Å²) in [6.07, 6.45) is 1.40. The Balaban J connectivity index is 2.65. The van der Waals surface area contributed by atoms with E-state index in [2.05, 4.69) is 43.2 Å². The van der Waals surface area contributed by atoms with Crippen LogP contribution in [0.2, 0.25) is 0 Å². The molecule has 0 radical (unpaired) electrons. The van der Waals surface area contributed by atoms with Crippen LogP contribution in [0.4, 0.5) is 0 Å². The highest BCUT2D eigenvalue weighted by Gasteiger charge is 2.35. The molecule has 9 atom stereocenters. The average Bonchev–Trinajstić information content (AvgIpc) is 3.29. The van der Waals surface area contributed by atoms with Crippen molar-refractivity contribution in [1.82, 2.24) is 37.2 Å². The average molecular weight is 956 g/mol. The van der Waals surface area contributed by atoms with Crippen LogP contribution in [0.25, 0.3) is 0 Å². The van der Waals surface area contributed by atoms with Gasteiger partial charge in [0.1, 0.15) is 30.2 Å². The number of esters is 2. The summed E-state index contributed by atoms with van der Waals surface area (Å²) in [6, 6.07) is -0.536. The standard InChI is InChI=1S/C45H61N7O16/c1-23(18-24(2)34(66-6)19-28-12-10-9-11-13-28)14-15-29-25(3)39(57)50-30(44(62)63)16-17-35(53)46-26(4)40(58)47-27(5)41(59)51-32(22-38(56)68-8)43(61)52-33(45(64)65)20-36(54)48-31(42(60)49-29)21-37(55)67-7/h9-15,18,24-25,27,29-34H,4,16-17,19-22H2,1-3,5-8H3,(H,46,53)(H,47,58)(H,48,54)(H,49,60)(H,50,57)(H,51,59)(H,52,61)(H,62,63)(H,64,65)/b15-14+,23-18+/t24-,25-,27+,29?,30+,31?,32-,33?,34-/m0/s1. The number of ether oxygens (including phenoxy) is 3. The Morgan fingerprint density at radius 3 is 1.87 bits per heavy atom. The minimum atomic E-state index is -2.07. The van der Waals surface area contributed by atoms with E-state index in [1.807, 2.05) is 48.6 Å². The third-order valence-corrected chi connectivity index (χ3v) is 10.6. The van der Waals surface area contributed by atoms with Gasteiger partial charge in [-0.25, -0.2) is 9.59 Å². The second-order valence-electron chi connectivity index (χ2n) is 15.9. The summed E-state index contributed by atoms with van der Waals surface area (Å²) in [5.74, 6) is -14.4. The van der Waals surface area contributed by atoms with Crippen molar-refractivity contribution >= 4 is 65.2 Å². The number of aliphatic carboxylic acids is 2. The van der Waals surface area contributed by atoms with Crippen molar-refractivity contribution in [1.29, 1.82) is 0 Å². The maximum atomic E-state index is 14.0. The van der Waals surface area contributed by atoms with E-state index in [9.17, 15) is 63.0 Å². The fourth-order valence-corrected chi connectivity index (χ4v) is 6.53. The molecule has 3 unspecified atom stereocenters. The summed E-state index contributed by atoms with van der Waals surface area (Å²) in [5, 5.41) is 35.7. The molecule has 9 N–H and O–H groups in total. The second-order valence-corrected chi connectivity index (χ2v) is 15.9. The smallest absolute Gasteiger partial charge is 0.326 e. The molecular formula is C45H61N7O16. The third kappa shape index (κ3) is 19.2. The van der Waals surface area contributed by atoms with Gasteiger partial charge >= 0.3 is 23.9 Å². The number of amides is 7. The van der Waals surface area contributed by atoms with E-state index in [1.54, 1.807) is 20.1 Å². The number of carboxylic acids is 2. The van der Waals surface area contributed by atoms with Crippen LogP contribution in [0.1, 0.15) is 65.4 Å². The first-order chi connectivity index (χ1) is 32.0. The molecular weight excluding hydrogens is 895 g/mol. The Bertz CT molecular complexity index is 2110. The van der Waals surface area contributed by atoms with Gasteiger partial charge < -0.3 is 61.6 Å². The molecule has 0 saturated carbocycles. The lowest BCUT2D eigenvalue weighted by Crippen LogP contribution is -2.57. The monoisotopic (exact) mass is 955 g/mol. The van der Waals surface area contributed by atoms with Crippen LogP contribution in [-0.2, 0) is 73.4 Å². The lowest BCUT2D eigenvalue weighted by Gasteiger charge is -2.26. The van der Waals surface area contributed by atoms with Crippen LogP contribution in [0.5, 0.6) is 0 Å². The van der Waals surface area contributed by atoms with Crippen LogP contribution < -0.4 is 37.2 Å². The Labute approximate surface area is 392 Å². The zero-order chi connectivity index (χ0) is 51.2. The SMILES string of the molecule is C=C1NC(=O)CC[C@H](C(=O)O)NC(=O)[C@@H](C)C(/C=C/C(C)=C/[C@H](C)[C@H](Cc2ccccc2)OC)NC(=O)C(CC(=O)OC)NC(=O)CC(C(=O)O)NC(=O)[C@H](CC(=O)OC)NC(=O)[C@@H](C)NC1=O. The molecule has 68 heavy (non-hydrogen) atoms. The van der Waals surface area contributed by atoms with Gasteiger partial charge in [-0.1, -0.05) is 74.6 Å². The molecule has 1 aliphatic rings. The van der Waals surface area contributed by atoms with Gasteiger partial charge in [0.15, 0.2) is 0 Å². The number of rotatable bonds is 13. The fourth-order valence-electron chi connectivity index (χ4n) is 6.53. The first-order valence-electron chi connectivity index (χ1n) is 21.3. The number of nitrogens with one attached hydrogen (secondary N) is 7. The summed E-state index contributed by atoms with van der Waals surface area (Å²) >= 11 is 0. The summed E-state index contributed by atoms with van der Waals surface area (Å²) in [6.45, 7) is 9.61. The molecule has 1 aromatic carbocycles. The maximum absolute atomic E-state index is 14.0. The Kier molecular flexibility index (Phi) is 23.3. The number of methoxy groups -OCH3 is 3. The van der Waals surface area contributed by atoms with Crippen molar-refractivity contribution < 1.29 is 77.2 Å². The first-order valence-corrected chi connectivity index (χ1v) is 21.3. The van der Waals surface area contributed by atoms with Crippen molar-refractivity contribution in [3.8, 4) is 0 Å². The topological polar surface area (TPSA) is 340 Å². The zero-order valence-corrected chi connectivity index (χ0v) is 38.9. The summed E-state index contributed by atoms with van der Waals surface area (Å²) < 4.78 is 15.1. The van der Waals surface area contributed by atoms with Gasteiger partial charge in [-0.15, -0.1) is 0 Å². The highest BCUT2D eigenvalue weighted by atomic mass is 16.5. The molecule has 372 valence electrons. The highest BCUT2D eigenvalue weighted by Crippen LogP contribution is 2.18. The largest absolute Gasteiger partial charge is 0.480 e. The molecule has 2 rings (SSSR count). The minimum Gasteiger partial charge on any atom is -0.480 e. The van der Waals surface area contributed by atoms with Gasteiger partial charge in [0.2, 0.25) is 35.4 Å². The fraction of sp³-hybridized carbons (Fsp3) is 0.489. The Morgan fingerprint density at radius 1 is 0.750 bits per heavy atom. The Morgan fingerprint density at radius 2 is 1.31 bits per heavy atom. The quantitative estimate of drug-likeness (QED) is 0.0654. The number of carbonyl (C=O) groups is 11. The molecule has 0 aliphatic carbocycles. The minimum absolute atomic E-state index is 0.161. The number of allylic oxidation sites excluding steroid dienone is 2. The predicted molar refractivity (Wildman–Crippen MR) is 239 cm³/mol. The van der Waals surface area contributed by atoms with Crippen LogP contribution in [0.3, 0.4) is 0 Å². The molecule has 23 heteroatoms. The first kappa shape index (κ1) is 56.7. The molecule has 1 aromatic rings. The molecule has 1 heterocycles. The number of carboxylic acid groups (broad SMARTS) is 2. The predicted octanol–water partition coefficient (Wildman–Crippen LogP) is -0.943. The molecule has 0 aromatic heterocycles. The summed E-state index contributed by atoms with van der Waals surface area (Å²) in [5.41, 5.74) is 1.10. The van der Waals surface area contributed by atoms with E-state index in [-0.39, 0.29) is 12.0 Å². The molecule has 23 nitrogen and oxygen atoms in total. The van der Waals surface area contributed by atoms with E-state index < -0.39 is 145 Å². The summed E-state index contributed by atoms with van der Waals surface area (Å²) in [7, 11) is 3.55. The zero-order valence-electron chi connectivity index (χ0n) is 38.9. The number of carbonyl (C=O) groups excluding carboxylic acids is 9. The van der Waals surface area contributed by atoms with E-state index in [4.69, 9.17) is 9.47 Å². The van der Waals surface area contributed by atoms with Crippen LogP contribution in [0, 0.1) is 11.8 Å². The van der Waals surface area contributed by atoms with Crippen LogP contribution in [-0.4, -0.2) is 139 Å². The van der Waals surface area contributed by atoms with Crippen LogP contribution in [0.15, 0.2) is 66.4 Å². The van der Waals surface area contributed by atoms with Gasteiger partial charge in [0, 0.05) is 19.4 Å². The van der Waals surface area contributed by atoms with Crippen molar-refractivity contribution in [2.75, 3.05) is 21.3 Å². The molecule has 7 amide bonds. The van der Waals surface area contributed by atoms with Crippen molar-refractivity contribution in [2.24, 2.45) is 11.8 Å². The van der Waals surface area contributed by atoms with E-state index >= 15 is 0 Å². The van der Waals surface area contributed by atoms with Gasteiger partial charge in [-0.3, -0.25) is 43.2 Å². The lowest BCUT2D eigenvalue weighted by molar-refractivity contribution is -0.146. The molecule has 0 spiro atoms. The maximum Gasteiger partial charge on any atom is 0.326 e. The number of hydrogen-bond acceptors (Lipinski definition) is 14. The van der Waals surface area contributed by atoms with Crippen molar-refractivity contribution in [2.45, 2.75) is 109 Å². The van der Waals surface area contributed by atoms with E-state index in [1.165, 1.54) is 13.0 Å². The third-order valence-electron chi connectivity index (χ3n) is 10.6. The summed E-state index contributed by atoms with van der Waals surface area (Å²) in [4.78, 5) is 143. The van der Waals surface area contributed by atoms with Gasteiger partial charge in [-0.2, -0.15) is 0 Å². The van der Waals surface area contributed by atoms with Crippen molar-refractivity contribution in [3.63, 3.8) is 0 Å². The normalized spacial score (nSPS) is 24.5. The van der Waals surface area contributed by atoms with Crippen LogP contribution >= 0.6 is 0 Å². The van der Waals surface area contributed by atoms with Gasteiger partial charge in [0.05, 0.1) is 57.2 Å². The van der Waals surface area contributed by atoms with Crippen molar-refractivity contribution in [3.05, 3.63) is 72.0 Å². The van der Waals surface area contributed by atoms with Gasteiger partial charge in [0.25, 0.3) is 5.91 Å². The number of hydrogen-bond donors (Lipinski definition) is 9. The van der Waals surface area contributed by atoms with Gasteiger partial charge in [-0.05, 0) is 32.3 Å².